The van der Waals surface area contributed by atoms with Gasteiger partial charge in [-0.3, -0.25) is 0 Å². The average Bonchev–Trinajstić information content (AvgIpc) is 2.76. The maximum Gasteiger partial charge on any atom is 0.336 e. The second-order valence-electron chi connectivity index (χ2n) is 9.61. The second kappa shape index (κ2) is 8.79. The predicted molar refractivity (Wildman–Crippen MR) is 129 cm³/mol. The summed E-state index contributed by atoms with van der Waals surface area (Å²) in [6.07, 6.45) is 1.78. The lowest BCUT2D eigenvalue weighted by atomic mass is 9.85. The van der Waals surface area contributed by atoms with Crippen LogP contribution in [0.1, 0.15) is 43.1 Å². The van der Waals surface area contributed by atoms with Crippen LogP contribution < -0.4 is 10.6 Å². The standard InChI is InChI=1S/C26H31N3O3/c1-26(2,3)10-9-17-5-4-6-20(25(30)31)23(17)18-7-8-21-19(15-18)16-22(24(27)28-21)29-11-13-32-14-12-29/h4-8,15-16H,9-14H2,1-3H3,(H2,27,28)(H,30,31). The average molecular weight is 434 g/mol. The number of carbonyl (C=O) groups is 1. The Balaban J connectivity index is 1.81. The number of aryl methyl sites for hydroxylation is 1. The molecular formula is C26H31N3O3. The number of morpholine rings is 1. The first-order valence-corrected chi connectivity index (χ1v) is 11.1. The predicted octanol–water partition coefficient (Wildman–Crippen LogP) is 5.00. The molecular weight excluding hydrogens is 402 g/mol. The number of carboxylic acid groups (broad SMARTS) is 1. The maximum atomic E-state index is 12.1. The van der Waals surface area contributed by atoms with Crippen molar-refractivity contribution in [3.05, 3.63) is 53.6 Å². The number of hydrogen-bond donors (Lipinski definition) is 2. The van der Waals surface area contributed by atoms with Crippen molar-refractivity contribution in [2.45, 2.75) is 33.6 Å². The van der Waals surface area contributed by atoms with E-state index in [4.69, 9.17) is 10.5 Å². The lowest BCUT2D eigenvalue weighted by Crippen LogP contribution is -2.36. The van der Waals surface area contributed by atoms with Gasteiger partial charge in [-0.05, 0) is 59.2 Å². The topological polar surface area (TPSA) is 88.7 Å². The largest absolute Gasteiger partial charge is 0.478 e. The Morgan fingerprint density at radius 1 is 1.16 bits per heavy atom. The van der Waals surface area contributed by atoms with E-state index in [0.29, 0.717) is 24.6 Å². The smallest absolute Gasteiger partial charge is 0.336 e. The summed E-state index contributed by atoms with van der Waals surface area (Å²) in [5.41, 5.74) is 11.2. The van der Waals surface area contributed by atoms with Crippen molar-refractivity contribution >= 4 is 28.4 Å². The van der Waals surface area contributed by atoms with Gasteiger partial charge in [0.1, 0.15) is 5.82 Å². The maximum absolute atomic E-state index is 12.1. The molecule has 0 unspecified atom stereocenters. The van der Waals surface area contributed by atoms with Crippen molar-refractivity contribution in [3.8, 4) is 11.1 Å². The molecule has 3 aromatic rings. The number of ether oxygens (including phenoxy) is 1. The zero-order valence-electron chi connectivity index (χ0n) is 19.0. The molecule has 3 N–H and O–H groups in total. The van der Waals surface area contributed by atoms with Gasteiger partial charge in [0.05, 0.1) is 30.0 Å². The molecule has 1 fully saturated rings. The van der Waals surface area contributed by atoms with Crippen LogP contribution in [0, 0.1) is 5.41 Å². The molecule has 168 valence electrons. The monoisotopic (exact) mass is 433 g/mol. The Labute approximate surface area is 189 Å². The fourth-order valence-electron chi connectivity index (χ4n) is 4.23. The number of carboxylic acids is 1. The van der Waals surface area contributed by atoms with Crippen molar-refractivity contribution in [2.75, 3.05) is 36.9 Å². The number of nitrogen functional groups attached to an aromatic ring is 1. The molecule has 0 spiro atoms. The van der Waals surface area contributed by atoms with Gasteiger partial charge in [0.2, 0.25) is 0 Å². The third-order valence-corrected chi connectivity index (χ3v) is 5.99. The van der Waals surface area contributed by atoms with Crippen molar-refractivity contribution in [3.63, 3.8) is 0 Å². The van der Waals surface area contributed by atoms with E-state index in [0.717, 1.165) is 59.2 Å². The van der Waals surface area contributed by atoms with Gasteiger partial charge in [-0.1, -0.05) is 39.0 Å². The summed E-state index contributed by atoms with van der Waals surface area (Å²) in [4.78, 5) is 18.9. The third-order valence-electron chi connectivity index (χ3n) is 5.99. The first kappa shape index (κ1) is 22.1. The van der Waals surface area contributed by atoms with E-state index < -0.39 is 5.97 Å². The minimum atomic E-state index is -0.915. The molecule has 0 bridgehead atoms. The normalized spacial score (nSPS) is 14.7. The number of fused-ring (bicyclic) bond motifs is 1. The Kier molecular flexibility index (Phi) is 6.07. The van der Waals surface area contributed by atoms with Crippen molar-refractivity contribution in [1.29, 1.82) is 0 Å². The highest BCUT2D eigenvalue weighted by atomic mass is 16.5. The van der Waals surface area contributed by atoms with E-state index in [2.05, 4.69) is 36.7 Å². The van der Waals surface area contributed by atoms with Crippen molar-refractivity contribution in [1.82, 2.24) is 4.98 Å². The molecule has 0 saturated carbocycles. The minimum Gasteiger partial charge on any atom is -0.478 e. The number of nitrogens with two attached hydrogens (primary N) is 1. The Morgan fingerprint density at radius 3 is 2.59 bits per heavy atom. The molecule has 2 heterocycles. The number of anilines is 2. The van der Waals surface area contributed by atoms with E-state index in [1.54, 1.807) is 6.07 Å². The van der Waals surface area contributed by atoms with Crippen LogP contribution in [0.5, 0.6) is 0 Å². The Bertz CT molecular complexity index is 1140. The minimum absolute atomic E-state index is 0.161. The molecule has 1 saturated heterocycles. The molecule has 32 heavy (non-hydrogen) atoms. The van der Waals surface area contributed by atoms with Gasteiger partial charge in [0.25, 0.3) is 0 Å². The van der Waals surface area contributed by atoms with Gasteiger partial charge in [-0.15, -0.1) is 0 Å². The first-order chi connectivity index (χ1) is 15.2. The number of rotatable bonds is 5. The van der Waals surface area contributed by atoms with Crippen LogP contribution in [-0.4, -0.2) is 42.4 Å². The summed E-state index contributed by atoms with van der Waals surface area (Å²) in [6.45, 7) is 9.49. The zero-order valence-corrected chi connectivity index (χ0v) is 19.0. The quantitative estimate of drug-likeness (QED) is 0.589. The van der Waals surface area contributed by atoms with Crippen molar-refractivity contribution < 1.29 is 14.6 Å². The first-order valence-electron chi connectivity index (χ1n) is 11.1. The van der Waals surface area contributed by atoms with E-state index >= 15 is 0 Å². The molecule has 0 aliphatic carbocycles. The molecule has 1 aliphatic heterocycles. The summed E-state index contributed by atoms with van der Waals surface area (Å²) in [7, 11) is 0. The lowest BCUT2D eigenvalue weighted by Gasteiger charge is -2.29. The molecule has 2 aromatic carbocycles. The number of hydrogen-bond acceptors (Lipinski definition) is 5. The number of nitrogens with zero attached hydrogens (tertiary/aromatic N) is 2. The fraction of sp³-hybridized carbons (Fsp3) is 0.385. The van der Waals surface area contributed by atoms with Gasteiger partial charge in [-0.25, -0.2) is 9.78 Å². The highest BCUT2D eigenvalue weighted by Gasteiger charge is 2.20. The molecule has 0 radical (unpaired) electrons. The van der Waals surface area contributed by atoms with Crippen LogP contribution in [0.3, 0.4) is 0 Å². The zero-order chi connectivity index (χ0) is 22.9. The van der Waals surface area contributed by atoms with E-state index in [1.165, 1.54) is 0 Å². The molecule has 1 aliphatic rings. The second-order valence-corrected chi connectivity index (χ2v) is 9.61. The summed E-state index contributed by atoms with van der Waals surface area (Å²) >= 11 is 0. The molecule has 6 nitrogen and oxygen atoms in total. The van der Waals surface area contributed by atoms with Gasteiger partial charge in [0.15, 0.2) is 0 Å². The number of benzene rings is 2. The summed E-state index contributed by atoms with van der Waals surface area (Å²) in [5, 5.41) is 10.8. The molecule has 1 aromatic heterocycles. The van der Waals surface area contributed by atoms with Crippen molar-refractivity contribution in [2.24, 2.45) is 5.41 Å². The molecule has 0 amide bonds. The number of aromatic carboxylic acids is 1. The summed E-state index contributed by atoms with van der Waals surface area (Å²) < 4.78 is 5.46. The summed E-state index contributed by atoms with van der Waals surface area (Å²) in [5.74, 6) is -0.411. The van der Waals surface area contributed by atoms with Crippen LogP contribution in [0.25, 0.3) is 22.0 Å². The van der Waals surface area contributed by atoms with E-state index in [-0.39, 0.29) is 5.41 Å². The van der Waals surface area contributed by atoms with E-state index in [1.807, 2.05) is 30.3 Å². The van der Waals surface area contributed by atoms with Gasteiger partial charge in [0, 0.05) is 18.5 Å². The van der Waals surface area contributed by atoms with Crippen LogP contribution in [-0.2, 0) is 11.2 Å². The van der Waals surface area contributed by atoms with Gasteiger partial charge < -0.3 is 20.5 Å². The lowest BCUT2D eigenvalue weighted by molar-refractivity contribution is 0.0697. The highest BCUT2D eigenvalue weighted by Crippen LogP contribution is 2.35. The number of pyridine rings is 1. The van der Waals surface area contributed by atoms with Crippen LogP contribution in [0.15, 0.2) is 42.5 Å². The van der Waals surface area contributed by atoms with Crippen LogP contribution >= 0.6 is 0 Å². The Hall–Kier alpha value is -3.12. The fourth-order valence-corrected chi connectivity index (χ4v) is 4.23. The van der Waals surface area contributed by atoms with Crippen LogP contribution in [0.4, 0.5) is 11.5 Å². The van der Waals surface area contributed by atoms with Gasteiger partial charge in [-0.2, -0.15) is 0 Å². The Morgan fingerprint density at radius 2 is 1.91 bits per heavy atom. The van der Waals surface area contributed by atoms with Crippen LogP contribution in [0.2, 0.25) is 0 Å². The van der Waals surface area contributed by atoms with E-state index in [9.17, 15) is 9.90 Å². The highest BCUT2D eigenvalue weighted by molar-refractivity contribution is 5.99. The molecule has 0 atom stereocenters. The third kappa shape index (κ3) is 4.70. The summed E-state index contributed by atoms with van der Waals surface area (Å²) in [6, 6.07) is 13.5. The SMILES string of the molecule is CC(C)(C)CCc1cccc(C(=O)O)c1-c1ccc2nc(N)c(N3CCOCC3)cc2c1. The number of aromatic nitrogens is 1. The molecule has 4 rings (SSSR count). The molecule has 6 heteroatoms. The van der Waals surface area contributed by atoms with Gasteiger partial charge >= 0.3 is 5.97 Å².